The zero-order valence-corrected chi connectivity index (χ0v) is 10.6. The highest BCUT2D eigenvalue weighted by Crippen LogP contribution is 2.27. The predicted octanol–water partition coefficient (Wildman–Crippen LogP) is 1.92. The summed E-state index contributed by atoms with van der Waals surface area (Å²) in [6, 6.07) is 0. The largest absolute Gasteiger partial charge is 0.366 e. The van der Waals surface area contributed by atoms with Crippen LogP contribution in [0.5, 0.6) is 0 Å². The lowest BCUT2D eigenvalue weighted by Crippen LogP contribution is -2.31. The monoisotopic (exact) mass is 274 g/mol. The van der Waals surface area contributed by atoms with Crippen LogP contribution < -0.4 is 10.6 Å². The van der Waals surface area contributed by atoms with Crippen molar-refractivity contribution in [2.75, 3.05) is 7.05 Å². The van der Waals surface area contributed by atoms with E-state index < -0.39 is 9.58 Å². The highest BCUT2D eigenvalue weighted by atomic mass is 35.6. The van der Waals surface area contributed by atoms with E-state index in [4.69, 9.17) is 47.0 Å². The molecule has 0 unspecified atom stereocenters. The molecule has 2 N–H and O–H groups in total. The minimum Gasteiger partial charge on any atom is -0.366 e. The summed E-state index contributed by atoms with van der Waals surface area (Å²) in [6.07, 6.45) is 1.18. The van der Waals surface area contributed by atoms with E-state index in [0.29, 0.717) is 10.8 Å². The molecule has 0 rings (SSSR count). The summed E-state index contributed by atoms with van der Waals surface area (Å²) >= 11 is 20.9. The van der Waals surface area contributed by atoms with E-state index in [9.17, 15) is 4.79 Å². The van der Waals surface area contributed by atoms with Crippen molar-refractivity contribution in [3.63, 3.8) is 0 Å². The minimum atomic E-state index is -1.93. The summed E-state index contributed by atoms with van der Waals surface area (Å²) < 4.78 is -1.93. The predicted molar refractivity (Wildman–Crippen MR) is 63.8 cm³/mol. The molecule has 0 aliphatic rings. The van der Waals surface area contributed by atoms with Crippen molar-refractivity contribution in [3.8, 4) is 0 Å². The van der Waals surface area contributed by atoms with E-state index in [1.807, 2.05) is 0 Å². The van der Waals surface area contributed by atoms with Crippen LogP contribution in [0.1, 0.15) is 6.92 Å². The second-order valence-electron chi connectivity index (χ2n) is 2.39. The Kier molecular flexibility index (Phi) is 5.74. The van der Waals surface area contributed by atoms with Gasteiger partial charge in [0.2, 0.25) is 5.78 Å². The van der Waals surface area contributed by atoms with E-state index in [1.54, 1.807) is 14.0 Å². The maximum absolute atomic E-state index is 11.2. The summed E-state index contributed by atoms with van der Waals surface area (Å²) in [4.78, 5) is 11.2. The SMILES string of the molecule is CNC(=S)N/C(C)=C/C(=O)C(Cl)(Cl)Cl. The Morgan fingerprint density at radius 3 is 2.29 bits per heavy atom. The minimum absolute atomic E-state index is 0.385. The fourth-order valence-electron chi connectivity index (χ4n) is 0.556. The van der Waals surface area contributed by atoms with E-state index in [1.165, 1.54) is 6.08 Å². The van der Waals surface area contributed by atoms with Crippen LogP contribution in [-0.2, 0) is 4.79 Å². The molecule has 3 nitrogen and oxygen atoms in total. The molecule has 0 spiro atoms. The number of carbonyl (C=O) groups excluding carboxylic acids is 1. The van der Waals surface area contributed by atoms with Gasteiger partial charge in [0.25, 0.3) is 3.79 Å². The molecule has 80 valence electrons. The van der Waals surface area contributed by atoms with Crippen molar-refractivity contribution in [1.82, 2.24) is 10.6 Å². The Bertz CT molecular complexity index is 273. The Morgan fingerprint density at radius 2 is 1.93 bits per heavy atom. The van der Waals surface area contributed by atoms with Crippen molar-refractivity contribution in [2.45, 2.75) is 10.7 Å². The zero-order valence-electron chi connectivity index (χ0n) is 7.53. The molecule has 0 fully saturated rings. The van der Waals surface area contributed by atoms with Gasteiger partial charge in [0.15, 0.2) is 5.11 Å². The summed E-state index contributed by atoms with van der Waals surface area (Å²) in [5, 5.41) is 5.78. The molecule has 0 aliphatic carbocycles. The molecule has 0 aliphatic heterocycles. The first kappa shape index (κ1) is 14.0. The summed E-state index contributed by atoms with van der Waals surface area (Å²) in [5.74, 6) is -0.619. The van der Waals surface area contributed by atoms with Gasteiger partial charge >= 0.3 is 0 Å². The maximum Gasteiger partial charge on any atom is 0.252 e. The van der Waals surface area contributed by atoms with Crippen LogP contribution in [0.4, 0.5) is 0 Å². The zero-order chi connectivity index (χ0) is 11.4. The van der Waals surface area contributed by atoms with Crippen molar-refractivity contribution in [1.29, 1.82) is 0 Å². The number of halogens is 3. The van der Waals surface area contributed by atoms with Gasteiger partial charge in [0.05, 0.1) is 0 Å². The quantitative estimate of drug-likeness (QED) is 0.459. The Labute approximate surface area is 103 Å². The maximum atomic E-state index is 11.2. The first-order chi connectivity index (χ1) is 6.27. The molecule has 0 aromatic rings. The first-order valence-corrected chi connectivity index (χ1v) is 5.09. The second kappa shape index (κ2) is 5.75. The molecule has 0 atom stereocenters. The first-order valence-electron chi connectivity index (χ1n) is 3.55. The number of allylic oxidation sites excluding steroid dienone is 2. The third-order valence-corrected chi connectivity index (χ3v) is 2.03. The number of carbonyl (C=O) groups is 1. The molecule has 14 heavy (non-hydrogen) atoms. The van der Waals surface area contributed by atoms with E-state index >= 15 is 0 Å². The topological polar surface area (TPSA) is 41.1 Å². The summed E-state index contributed by atoms with van der Waals surface area (Å²) in [5.41, 5.74) is 0.501. The van der Waals surface area contributed by atoms with Gasteiger partial charge in [0.1, 0.15) is 0 Å². The summed E-state index contributed by atoms with van der Waals surface area (Å²) in [6.45, 7) is 1.64. The second-order valence-corrected chi connectivity index (χ2v) is 5.08. The Morgan fingerprint density at radius 1 is 1.43 bits per heavy atom. The van der Waals surface area contributed by atoms with Gasteiger partial charge < -0.3 is 10.6 Å². The molecule has 0 aromatic heterocycles. The lowest BCUT2D eigenvalue weighted by molar-refractivity contribution is -0.113. The van der Waals surface area contributed by atoms with Crippen molar-refractivity contribution in [3.05, 3.63) is 11.8 Å². The molecule has 0 radical (unpaired) electrons. The average Bonchev–Trinajstić information content (AvgIpc) is 2.02. The average molecular weight is 276 g/mol. The number of nitrogens with one attached hydrogen (secondary N) is 2. The molecule has 0 saturated heterocycles. The third kappa shape index (κ3) is 5.65. The van der Waals surface area contributed by atoms with Crippen LogP contribution in [0, 0.1) is 0 Å². The number of ketones is 1. The van der Waals surface area contributed by atoms with Gasteiger partial charge in [-0.1, -0.05) is 34.8 Å². The Hall–Kier alpha value is -0.0300. The van der Waals surface area contributed by atoms with Gasteiger partial charge in [-0.3, -0.25) is 4.79 Å². The molecule has 0 bridgehead atoms. The number of thiocarbonyl (C=S) groups is 1. The van der Waals surface area contributed by atoms with Gasteiger partial charge in [-0.15, -0.1) is 0 Å². The molecule has 0 aromatic carbocycles. The fraction of sp³-hybridized carbons (Fsp3) is 0.429. The fourth-order valence-corrected chi connectivity index (χ4v) is 0.881. The molecule has 0 amide bonds. The van der Waals surface area contributed by atoms with E-state index in [-0.39, 0.29) is 0 Å². The van der Waals surface area contributed by atoms with Crippen LogP contribution in [0.25, 0.3) is 0 Å². The van der Waals surface area contributed by atoms with Crippen LogP contribution >= 0.6 is 47.0 Å². The normalized spacial score (nSPS) is 12.2. The number of hydrogen-bond acceptors (Lipinski definition) is 2. The Balaban J connectivity index is 4.39. The van der Waals surface area contributed by atoms with Crippen LogP contribution in [0.15, 0.2) is 11.8 Å². The molecule has 0 saturated carbocycles. The van der Waals surface area contributed by atoms with Gasteiger partial charge in [-0.2, -0.15) is 0 Å². The van der Waals surface area contributed by atoms with Crippen LogP contribution in [0.2, 0.25) is 0 Å². The lowest BCUT2D eigenvalue weighted by Gasteiger charge is -2.09. The number of rotatable bonds is 2. The smallest absolute Gasteiger partial charge is 0.252 e. The highest BCUT2D eigenvalue weighted by Gasteiger charge is 2.28. The van der Waals surface area contributed by atoms with Gasteiger partial charge in [0, 0.05) is 18.8 Å². The molecular weight excluding hydrogens is 267 g/mol. The standard InChI is InChI=1S/C7H9Cl3N2OS/c1-4(12-6(14)11-2)3-5(13)7(8,9)10/h3H,1-2H3,(H2,11,12,14)/b4-3+. The lowest BCUT2D eigenvalue weighted by atomic mass is 10.3. The number of alkyl halides is 3. The van der Waals surface area contributed by atoms with E-state index in [0.717, 1.165) is 0 Å². The molecular formula is C7H9Cl3N2OS. The molecule has 0 heterocycles. The van der Waals surface area contributed by atoms with Gasteiger partial charge in [-0.25, -0.2) is 0 Å². The van der Waals surface area contributed by atoms with E-state index in [2.05, 4.69) is 10.6 Å². The third-order valence-electron chi connectivity index (χ3n) is 1.16. The summed E-state index contributed by atoms with van der Waals surface area (Å²) in [7, 11) is 1.65. The highest BCUT2D eigenvalue weighted by molar-refractivity contribution is 7.80. The van der Waals surface area contributed by atoms with Crippen LogP contribution in [-0.4, -0.2) is 21.7 Å². The van der Waals surface area contributed by atoms with Crippen LogP contribution in [0.3, 0.4) is 0 Å². The number of hydrogen-bond donors (Lipinski definition) is 2. The van der Waals surface area contributed by atoms with Crippen molar-refractivity contribution >= 4 is 57.9 Å². The molecule has 7 heteroatoms. The van der Waals surface area contributed by atoms with Gasteiger partial charge in [-0.05, 0) is 19.1 Å². The van der Waals surface area contributed by atoms with Crippen molar-refractivity contribution in [2.24, 2.45) is 0 Å². The van der Waals surface area contributed by atoms with Crippen molar-refractivity contribution < 1.29 is 4.79 Å².